The molecule has 3 fully saturated rings. The summed E-state index contributed by atoms with van der Waals surface area (Å²) in [6.45, 7) is 4.66. The molecule has 0 radical (unpaired) electrons. The molecule has 4 rings (SSSR count). The molecule has 4 nitrogen and oxygen atoms in total. The third-order valence-electron chi connectivity index (χ3n) is 5.87. The lowest BCUT2D eigenvalue weighted by molar-refractivity contribution is -0.155. The number of rotatable bonds is 4. The van der Waals surface area contributed by atoms with Crippen LogP contribution in [0, 0.1) is 5.92 Å². The van der Waals surface area contributed by atoms with Crippen LogP contribution in [0.25, 0.3) is 0 Å². The van der Waals surface area contributed by atoms with Gasteiger partial charge in [-0.15, -0.1) is 0 Å². The SMILES string of the molecule is O=C(C1CCC1)N1CCO[C@@H](CN2CCCC2)[C@@H]1c1ccccc1. The monoisotopic (exact) mass is 328 g/mol. The molecule has 2 heterocycles. The van der Waals surface area contributed by atoms with Crippen molar-refractivity contribution in [2.24, 2.45) is 5.92 Å². The number of hydrogen-bond donors (Lipinski definition) is 0. The van der Waals surface area contributed by atoms with E-state index in [2.05, 4.69) is 34.1 Å². The van der Waals surface area contributed by atoms with E-state index in [1.54, 1.807) is 0 Å². The third-order valence-corrected chi connectivity index (χ3v) is 5.87. The summed E-state index contributed by atoms with van der Waals surface area (Å²) in [5.74, 6) is 0.603. The second kappa shape index (κ2) is 7.24. The second-order valence-electron chi connectivity index (χ2n) is 7.43. The molecule has 2 atom stereocenters. The maximum Gasteiger partial charge on any atom is 0.226 e. The molecule has 1 aromatic rings. The number of benzene rings is 1. The Morgan fingerprint density at radius 3 is 2.46 bits per heavy atom. The molecule has 1 aliphatic carbocycles. The van der Waals surface area contributed by atoms with E-state index >= 15 is 0 Å². The van der Waals surface area contributed by atoms with Crippen LogP contribution in [-0.4, -0.2) is 54.6 Å². The van der Waals surface area contributed by atoms with Crippen molar-refractivity contribution in [3.63, 3.8) is 0 Å². The van der Waals surface area contributed by atoms with Gasteiger partial charge in [0.2, 0.25) is 5.91 Å². The first-order valence-electron chi connectivity index (χ1n) is 9.52. The molecule has 130 valence electrons. The number of amides is 1. The zero-order valence-corrected chi connectivity index (χ0v) is 14.4. The molecule has 4 heteroatoms. The molecule has 24 heavy (non-hydrogen) atoms. The normalized spacial score (nSPS) is 28.8. The molecular formula is C20H28N2O2. The van der Waals surface area contributed by atoms with Crippen LogP contribution in [0.2, 0.25) is 0 Å². The number of ether oxygens (including phenoxy) is 1. The lowest BCUT2D eigenvalue weighted by atomic mass is 9.83. The standard InChI is InChI=1S/C20H28N2O2/c23-20(17-9-6-10-17)22-13-14-24-18(15-21-11-4-5-12-21)19(22)16-7-2-1-3-8-16/h1-3,7-8,17-19H,4-6,9-15H2/t18-,19-/m0/s1. The van der Waals surface area contributed by atoms with Gasteiger partial charge in [-0.3, -0.25) is 4.79 Å². The van der Waals surface area contributed by atoms with Crippen molar-refractivity contribution in [2.75, 3.05) is 32.8 Å². The molecule has 0 spiro atoms. The summed E-state index contributed by atoms with van der Waals surface area (Å²) in [7, 11) is 0. The highest BCUT2D eigenvalue weighted by Crippen LogP contribution is 2.36. The van der Waals surface area contributed by atoms with Crippen LogP contribution in [0.5, 0.6) is 0 Å². The van der Waals surface area contributed by atoms with Crippen molar-refractivity contribution in [3.8, 4) is 0 Å². The third kappa shape index (κ3) is 3.22. The van der Waals surface area contributed by atoms with Gasteiger partial charge in [0.25, 0.3) is 0 Å². The summed E-state index contributed by atoms with van der Waals surface area (Å²) >= 11 is 0. The molecule has 2 aliphatic heterocycles. The van der Waals surface area contributed by atoms with Gasteiger partial charge in [0, 0.05) is 19.0 Å². The van der Waals surface area contributed by atoms with Gasteiger partial charge in [0.05, 0.1) is 18.8 Å². The van der Waals surface area contributed by atoms with Crippen molar-refractivity contribution in [3.05, 3.63) is 35.9 Å². The van der Waals surface area contributed by atoms with Crippen LogP contribution in [0.1, 0.15) is 43.7 Å². The van der Waals surface area contributed by atoms with E-state index in [0.717, 1.165) is 39.0 Å². The maximum atomic E-state index is 13.0. The first kappa shape index (κ1) is 16.1. The van der Waals surface area contributed by atoms with Crippen LogP contribution in [0.15, 0.2) is 30.3 Å². The number of nitrogens with zero attached hydrogens (tertiary/aromatic N) is 2. The molecule has 3 aliphatic rings. The summed E-state index contributed by atoms with van der Waals surface area (Å²) in [6.07, 6.45) is 5.99. The zero-order valence-electron chi connectivity index (χ0n) is 14.4. The van der Waals surface area contributed by atoms with Crippen LogP contribution in [-0.2, 0) is 9.53 Å². The Kier molecular flexibility index (Phi) is 4.86. The molecule has 2 saturated heterocycles. The fourth-order valence-corrected chi connectivity index (χ4v) is 4.29. The predicted molar refractivity (Wildman–Crippen MR) is 93.7 cm³/mol. The highest BCUT2D eigenvalue weighted by molar-refractivity contribution is 5.80. The molecule has 1 saturated carbocycles. The first-order chi connectivity index (χ1) is 11.8. The highest BCUT2D eigenvalue weighted by atomic mass is 16.5. The zero-order chi connectivity index (χ0) is 16.4. The van der Waals surface area contributed by atoms with Crippen LogP contribution in [0.3, 0.4) is 0 Å². The van der Waals surface area contributed by atoms with Gasteiger partial charge in [-0.05, 0) is 44.3 Å². The van der Waals surface area contributed by atoms with E-state index < -0.39 is 0 Å². The number of carbonyl (C=O) groups excluding carboxylic acids is 1. The van der Waals surface area contributed by atoms with E-state index in [9.17, 15) is 4.79 Å². The van der Waals surface area contributed by atoms with Crippen LogP contribution >= 0.6 is 0 Å². The Labute approximate surface area is 144 Å². The minimum absolute atomic E-state index is 0.0636. The highest BCUT2D eigenvalue weighted by Gasteiger charge is 2.40. The molecular weight excluding hydrogens is 300 g/mol. The van der Waals surface area contributed by atoms with Gasteiger partial charge in [-0.1, -0.05) is 36.8 Å². The molecule has 0 aromatic heterocycles. The Morgan fingerprint density at radius 2 is 1.79 bits per heavy atom. The van der Waals surface area contributed by atoms with E-state index in [4.69, 9.17) is 4.74 Å². The Morgan fingerprint density at radius 1 is 1.04 bits per heavy atom. The minimum atomic E-state index is 0.0636. The van der Waals surface area contributed by atoms with Crippen molar-refractivity contribution in [2.45, 2.75) is 44.2 Å². The first-order valence-corrected chi connectivity index (χ1v) is 9.52. The predicted octanol–water partition coefficient (Wildman–Crippen LogP) is 2.85. The van der Waals surface area contributed by atoms with Crippen LogP contribution in [0.4, 0.5) is 0 Å². The number of morpholine rings is 1. The average molecular weight is 328 g/mol. The van der Waals surface area contributed by atoms with Crippen molar-refractivity contribution in [1.82, 2.24) is 9.80 Å². The Bertz CT molecular complexity index is 552. The quantitative estimate of drug-likeness (QED) is 0.852. The molecule has 1 aromatic carbocycles. The molecule has 1 amide bonds. The van der Waals surface area contributed by atoms with Crippen molar-refractivity contribution in [1.29, 1.82) is 0 Å². The fraction of sp³-hybridized carbons (Fsp3) is 0.650. The van der Waals surface area contributed by atoms with Gasteiger partial charge in [0.1, 0.15) is 0 Å². The minimum Gasteiger partial charge on any atom is -0.373 e. The second-order valence-corrected chi connectivity index (χ2v) is 7.43. The molecule has 0 bridgehead atoms. The summed E-state index contributed by atoms with van der Waals surface area (Å²) < 4.78 is 6.18. The fourth-order valence-electron chi connectivity index (χ4n) is 4.29. The number of likely N-dealkylation sites (tertiary alicyclic amines) is 1. The van der Waals surface area contributed by atoms with Crippen molar-refractivity contribution < 1.29 is 9.53 Å². The Balaban J connectivity index is 1.58. The van der Waals surface area contributed by atoms with Crippen LogP contribution < -0.4 is 0 Å². The van der Waals surface area contributed by atoms with Crippen molar-refractivity contribution >= 4 is 5.91 Å². The summed E-state index contributed by atoms with van der Waals surface area (Å²) in [5, 5.41) is 0. The lowest BCUT2D eigenvalue weighted by Gasteiger charge is -2.45. The van der Waals surface area contributed by atoms with E-state index in [1.807, 2.05) is 6.07 Å². The van der Waals surface area contributed by atoms with E-state index in [-0.39, 0.29) is 18.1 Å². The number of hydrogen-bond acceptors (Lipinski definition) is 3. The maximum absolute atomic E-state index is 13.0. The van der Waals surface area contributed by atoms with Gasteiger partial charge in [0.15, 0.2) is 0 Å². The number of carbonyl (C=O) groups is 1. The van der Waals surface area contributed by atoms with Gasteiger partial charge in [-0.25, -0.2) is 0 Å². The van der Waals surface area contributed by atoms with Gasteiger partial charge >= 0.3 is 0 Å². The largest absolute Gasteiger partial charge is 0.373 e. The van der Waals surface area contributed by atoms with Gasteiger partial charge < -0.3 is 14.5 Å². The smallest absolute Gasteiger partial charge is 0.226 e. The van der Waals surface area contributed by atoms with Gasteiger partial charge in [-0.2, -0.15) is 0 Å². The Hall–Kier alpha value is -1.39. The molecule has 0 N–H and O–H groups in total. The van der Waals surface area contributed by atoms with E-state index in [1.165, 1.54) is 24.8 Å². The molecule has 0 unspecified atom stereocenters. The average Bonchev–Trinajstić information content (AvgIpc) is 3.07. The lowest BCUT2D eigenvalue weighted by Crippen LogP contribution is -2.53. The summed E-state index contributed by atoms with van der Waals surface area (Å²) in [5.41, 5.74) is 1.22. The summed E-state index contributed by atoms with van der Waals surface area (Å²) in [6, 6.07) is 10.6. The topological polar surface area (TPSA) is 32.8 Å². The van der Waals surface area contributed by atoms with E-state index in [0.29, 0.717) is 12.5 Å². The summed E-state index contributed by atoms with van der Waals surface area (Å²) in [4.78, 5) is 17.6.